The zero-order chi connectivity index (χ0) is 18.0. The molecule has 1 amide bonds. The number of nitrogens with one attached hydrogen (secondary N) is 1. The van der Waals surface area contributed by atoms with Crippen LogP contribution in [0.3, 0.4) is 0 Å². The number of fused-ring (bicyclic) bond motifs is 1. The van der Waals surface area contributed by atoms with E-state index in [0.717, 1.165) is 16.0 Å². The molecule has 1 aromatic heterocycles. The molecule has 25 heavy (non-hydrogen) atoms. The Balaban J connectivity index is 1.78. The molecule has 8 heteroatoms. The lowest BCUT2D eigenvalue weighted by Gasteiger charge is -2.30. The summed E-state index contributed by atoms with van der Waals surface area (Å²) in [6.07, 6.45) is -0.405. The van der Waals surface area contributed by atoms with Crippen molar-refractivity contribution in [3.63, 3.8) is 0 Å². The van der Waals surface area contributed by atoms with Crippen LogP contribution in [-0.4, -0.2) is 37.0 Å². The number of thiophene rings is 1. The van der Waals surface area contributed by atoms with E-state index >= 15 is 0 Å². The number of nitrogens with zero attached hydrogens (tertiary/aromatic N) is 1. The van der Waals surface area contributed by atoms with Crippen molar-refractivity contribution in [1.29, 1.82) is 0 Å². The number of benzene rings is 1. The highest BCUT2D eigenvalue weighted by Crippen LogP contribution is 2.23. The highest BCUT2D eigenvalue weighted by atomic mass is 32.2. The highest BCUT2D eigenvalue weighted by molar-refractivity contribution is 7.89. The summed E-state index contributed by atoms with van der Waals surface area (Å²) in [5.74, 6) is -0.338. The fraction of sp³-hybridized carbons (Fsp3) is 0.353. The first-order chi connectivity index (χ1) is 11.9. The first kappa shape index (κ1) is 18.1. The Bertz CT molecular complexity index is 861. The van der Waals surface area contributed by atoms with Gasteiger partial charge in [0, 0.05) is 24.5 Å². The molecule has 1 aliphatic rings. The number of aliphatic hydroxyl groups excluding tert-OH is 1. The first-order valence-corrected chi connectivity index (χ1v) is 10.3. The van der Waals surface area contributed by atoms with Crippen molar-refractivity contribution in [2.24, 2.45) is 0 Å². The Morgan fingerprint density at radius 1 is 1.36 bits per heavy atom. The predicted molar refractivity (Wildman–Crippen MR) is 95.6 cm³/mol. The van der Waals surface area contributed by atoms with E-state index in [-0.39, 0.29) is 17.3 Å². The molecular weight excluding hydrogens is 360 g/mol. The van der Waals surface area contributed by atoms with E-state index in [1.807, 2.05) is 17.5 Å². The fourth-order valence-electron chi connectivity index (χ4n) is 2.82. The SMILES string of the molecule is C[C@@H](O)C(=O)N1CCc2ccc(S(=O)(=O)NCc3cccs3)cc2C1. The summed E-state index contributed by atoms with van der Waals surface area (Å²) in [7, 11) is -3.62. The molecule has 0 saturated carbocycles. The smallest absolute Gasteiger partial charge is 0.251 e. The summed E-state index contributed by atoms with van der Waals surface area (Å²) in [6.45, 7) is 2.53. The predicted octanol–water partition coefficient (Wildman–Crippen LogP) is 1.49. The van der Waals surface area contributed by atoms with Crippen molar-refractivity contribution in [3.05, 3.63) is 51.7 Å². The summed E-state index contributed by atoms with van der Waals surface area (Å²) < 4.78 is 27.6. The minimum absolute atomic E-state index is 0.189. The van der Waals surface area contributed by atoms with E-state index in [0.29, 0.717) is 19.5 Å². The van der Waals surface area contributed by atoms with Gasteiger partial charge >= 0.3 is 0 Å². The Morgan fingerprint density at radius 3 is 2.84 bits per heavy atom. The second-order valence-electron chi connectivity index (χ2n) is 6.02. The van der Waals surface area contributed by atoms with Gasteiger partial charge in [-0.1, -0.05) is 12.1 Å². The first-order valence-electron chi connectivity index (χ1n) is 7.97. The van der Waals surface area contributed by atoms with Crippen LogP contribution in [0.1, 0.15) is 22.9 Å². The lowest BCUT2D eigenvalue weighted by atomic mass is 9.99. The van der Waals surface area contributed by atoms with E-state index in [9.17, 15) is 18.3 Å². The number of aliphatic hydroxyl groups is 1. The van der Waals surface area contributed by atoms with Crippen LogP contribution in [0.5, 0.6) is 0 Å². The lowest BCUT2D eigenvalue weighted by Crippen LogP contribution is -2.41. The highest BCUT2D eigenvalue weighted by Gasteiger charge is 2.25. The summed E-state index contributed by atoms with van der Waals surface area (Å²) >= 11 is 1.49. The molecule has 0 radical (unpaired) electrons. The van der Waals surface area contributed by atoms with Gasteiger partial charge in [0.25, 0.3) is 5.91 Å². The molecule has 1 atom stereocenters. The van der Waals surface area contributed by atoms with Crippen molar-refractivity contribution in [2.45, 2.75) is 37.4 Å². The monoisotopic (exact) mass is 380 g/mol. The van der Waals surface area contributed by atoms with Crippen molar-refractivity contribution < 1.29 is 18.3 Å². The van der Waals surface area contributed by atoms with Crippen LogP contribution in [0.2, 0.25) is 0 Å². The molecule has 1 aromatic carbocycles. The third-order valence-corrected chi connectivity index (χ3v) is 6.46. The third-order valence-electron chi connectivity index (χ3n) is 4.19. The Kier molecular flexibility index (Phi) is 5.24. The average molecular weight is 380 g/mol. The lowest BCUT2D eigenvalue weighted by molar-refractivity contribution is -0.140. The van der Waals surface area contributed by atoms with Crippen molar-refractivity contribution >= 4 is 27.3 Å². The van der Waals surface area contributed by atoms with E-state index in [2.05, 4.69) is 4.72 Å². The Morgan fingerprint density at radius 2 is 2.16 bits per heavy atom. The standard InChI is InChI=1S/C17H20N2O4S2/c1-12(20)17(21)19-7-6-13-4-5-16(9-14(13)11-19)25(22,23)18-10-15-3-2-8-24-15/h2-5,8-9,12,18,20H,6-7,10-11H2,1H3/t12-/m1/s1. The number of sulfonamides is 1. The summed E-state index contributed by atoms with van der Waals surface area (Å²) in [5.41, 5.74) is 1.84. The van der Waals surface area contributed by atoms with E-state index in [1.165, 1.54) is 18.3 Å². The summed E-state index contributed by atoms with van der Waals surface area (Å²) in [4.78, 5) is 14.7. The average Bonchev–Trinajstić information content (AvgIpc) is 3.12. The molecule has 3 rings (SSSR count). The van der Waals surface area contributed by atoms with Gasteiger partial charge in [0.1, 0.15) is 6.10 Å². The largest absolute Gasteiger partial charge is 0.384 e. The van der Waals surface area contributed by atoms with Gasteiger partial charge in [-0.05, 0) is 48.1 Å². The normalized spacial score (nSPS) is 15.7. The zero-order valence-corrected chi connectivity index (χ0v) is 15.4. The number of carbonyl (C=O) groups excluding carboxylic acids is 1. The maximum Gasteiger partial charge on any atom is 0.251 e. The molecule has 0 saturated heterocycles. The fourth-order valence-corrected chi connectivity index (χ4v) is 4.61. The minimum atomic E-state index is -3.62. The van der Waals surface area contributed by atoms with Crippen LogP contribution in [0.4, 0.5) is 0 Å². The molecule has 0 unspecified atom stereocenters. The molecule has 0 spiro atoms. The number of hydrogen-bond acceptors (Lipinski definition) is 5. The van der Waals surface area contributed by atoms with Gasteiger partial charge in [-0.2, -0.15) is 0 Å². The summed E-state index contributed by atoms with van der Waals surface area (Å²) in [5, 5.41) is 11.4. The molecule has 0 aliphatic carbocycles. The molecule has 2 N–H and O–H groups in total. The van der Waals surface area contributed by atoms with Gasteiger partial charge in [0.2, 0.25) is 10.0 Å². The molecule has 0 fully saturated rings. The van der Waals surface area contributed by atoms with Crippen LogP contribution >= 0.6 is 11.3 Å². The van der Waals surface area contributed by atoms with Gasteiger partial charge in [-0.15, -0.1) is 11.3 Å². The zero-order valence-electron chi connectivity index (χ0n) is 13.8. The van der Waals surface area contributed by atoms with Gasteiger partial charge in [0.15, 0.2) is 0 Å². The maximum absolute atomic E-state index is 12.5. The molecule has 2 aromatic rings. The molecule has 2 heterocycles. The minimum Gasteiger partial charge on any atom is -0.384 e. The third kappa shape index (κ3) is 4.09. The van der Waals surface area contributed by atoms with Crippen LogP contribution < -0.4 is 4.72 Å². The maximum atomic E-state index is 12.5. The molecule has 6 nitrogen and oxygen atoms in total. The van der Waals surface area contributed by atoms with Gasteiger partial charge in [-0.3, -0.25) is 4.79 Å². The second kappa shape index (κ2) is 7.25. The van der Waals surface area contributed by atoms with Gasteiger partial charge in [0.05, 0.1) is 4.90 Å². The van der Waals surface area contributed by atoms with E-state index in [1.54, 1.807) is 23.1 Å². The van der Waals surface area contributed by atoms with Crippen molar-refractivity contribution in [1.82, 2.24) is 9.62 Å². The molecule has 134 valence electrons. The molecular formula is C17H20N2O4S2. The summed E-state index contributed by atoms with van der Waals surface area (Å²) in [6, 6.07) is 8.77. The van der Waals surface area contributed by atoms with E-state index in [4.69, 9.17) is 0 Å². The quantitative estimate of drug-likeness (QED) is 0.823. The van der Waals surface area contributed by atoms with E-state index < -0.39 is 16.1 Å². The topological polar surface area (TPSA) is 86.7 Å². The molecule has 0 bridgehead atoms. The second-order valence-corrected chi connectivity index (χ2v) is 8.82. The Hall–Kier alpha value is -1.74. The van der Waals surface area contributed by atoms with Gasteiger partial charge < -0.3 is 10.0 Å². The van der Waals surface area contributed by atoms with Crippen LogP contribution in [0, 0.1) is 0 Å². The van der Waals surface area contributed by atoms with Gasteiger partial charge in [-0.25, -0.2) is 13.1 Å². The van der Waals surface area contributed by atoms with Crippen molar-refractivity contribution in [2.75, 3.05) is 6.54 Å². The number of rotatable bonds is 5. The molecule has 1 aliphatic heterocycles. The number of amides is 1. The van der Waals surface area contributed by atoms with Crippen molar-refractivity contribution in [3.8, 4) is 0 Å². The van der Waals surface area contributed by atoms with Crippen LogP contribution in [0.25, 0.3) is 0 Å². The Labute approximate surface area is 151 Å². The van der Waals surface area contributed by atoms with Crippen LogP contribution in [0.15, 0.2) is 40.6 Å². The van der Waals surface area contributed by atoms with Crippen LogP contribution in [-0.2, 0) is 34.3 Å². The number of carbonyl (C=O) groups is 1. The number of hydrogen-bond donors (Lipinski definition) is 2.